The lowest BCUT2D eigenvalue weighted by atomic mass is 10.0. The van der Waals surface area contributed by atoms with Crippen molar-refractivity contribution in [1.29, 1.82) is 0 Å². The van der Waals surface area contributed by atoms with Crippen molar-refractivity contribution in [3.8, 4) is 5.75 Å². The number of morpholine rings is 1. The zero-order chi connectivity index (χ0) is 13.7. The van der Waals surface area contributed by atoms with Crippen molar-refractivity contribution in [2.24, 2.45) is 0 Å². The molecule has 1 aliphatic rings. The highest BCUT2D eigenvalue weighted by molar-refractivity contribution is 5.37. The van der Waals surface area contributed by atoms with Gasteiger partial charge in [0.15, 0.2) is 0 Å². The maximum Gasteiger partial charge on any atom is 0.122 e. The quantitative estimate of drug-likeness (QED) is 0.815. The molecule has 1 saturated heterocycles. The smallest absolute Gasteiger partial charge is 0.122 e. The first-order chi connectivity index (χ1) is 9.16. The van der Waals surface area contributed by atoms with Crippen LogP contribution < -0.4 is 4.74 Å². The van der Waals surface area contributed by atoms with Gasteiger partial charge in [0.2, 0.25) is 0 Å². The summed E-state index contributed by atoms with van der Waals surface area (Å²) in [7, 11) is 0. The van der Waals surface area contributed by atoms with E-state index in [1.54, 1.807) is 0 Å². The molecule has 0 amide bonds. The van der Waals surface area contributed by atoms with Gasteiger partial charge in [-0.3, -0.25) is 4.90 Å². The highest BCUT2D eigenvalue weighted by Gasteiger charge is 2.10. The molecule has 1 aromatic rings. The number of hydrogen-bond acceptors (Lipinski definition) is 3. The Hall–Kier alpha value is -1.06. The van der Waals surface area contributed by atoms with Crippen LogP contribution in [-0.2, 0) is 4.74 Å². The molecule has 1 aromatic carbocycles. The molecule has 1 aliphatic heterocycles. The van der Waals surface area contributed by atoms with Crippen molar-refractivity contribution in [2.75, 3.05) is 39.5 Å². The molecule has 0 spiro atoms. The van der Waals surface area contributed by atoms with Gasteiger partial charge >= 0.3 is 0 Å². The Kier molecular flexibility index (Phi) is 5.23. The first kappa shape index (κ1) is 14.4. The van der Waals surface area contributed by atoms with E-state index in [1.165, 1.54) is 11.1 Å². The number of aryl methyl sites for hydroxylation is 1. The molecule has 3 heteroatoms. The molecular formula is C16H25NO2. The monoisotopic (exact) mass is 263 g/mol. The summed E-state index contributed by atoms with van der Waals surface area (Å²) in [5, 5.41) is 0. The van der Waals surface area contributed by atoms with Crippen molar-refractivity contribution in [1.82, 2.24) is 4.90 Å². The Morgan fingerprint density at radius 3 is 2.68 bits per heavy atom. The summed E-state index contributed by atoms with van der Waals surface area (Å²) in [6, 6.07) is 6.52. The van der Waals surface area contributed by atoms with Crippen LogP contribution in [0.3, 0.4) is 0 Å². The van der Waals surface area contributed by atoms with E-state index in [9.17, 15) is 0 Å². The maximum atomic E-state index is 5.95. The van der Waals surface area contributed by atoms with E-state index < -0.39 is 0 Å². The average Bonchev–Trinajstić information content (AvgIpc) is 2.42. The van der Waals surface area contributed by atoms with E-state index in [0.29, 0.717) is 5.92 Å². The van der Waals surface area contributed by atoms with Crippen LogP contribution in [-0.4, -0.2) is 44.4 Å². The number of benzene rings is 1. The largest absolute Gasteiger partial charge is 0.492 e. The van der Waals surface area contributed by atoms with Gasteiger partial charge in [-0.05, 0) is 30.0 Å². The van der Waals surface area contributed by atoms with Crippen LogP contribution in [0, 0.1) is 6.92 Å². The molecule has 0 bridgehead atoms. The highest BCUT2D eigenvalue weighted by Crippen LogP contribution is 2.24. The van der Waals surface area contributed by atoms with E-state index in [-0.39, 0.29) is 0 Å². The van der Waals surface area contributed by atoms with Crippen molar-refractivity contribution in [2.45, 2.75) is 26.7 Å². The predicted molar refractivity (Wildman–Crippen MR) is 78.0 cm³/mol. The molecule has 0 radical (unpaired) electrons. The molecule has 3 nitrogen and oxygen atoms in total. The SMILES string of the molecule is Cc1ccc(C(C)C)cc1OCCN1CCOCC1. The molecule has 19 heavy (non-hydrogen) atoms. The minimum atomic E-state index is 0.544. The Morgan fingerprint density at radius 1 is 1.26 bits per heavy atom. The summed E-state index contributed by atoms with van der Waals surface area (Å²) in [5.41, 5.74) is 2.55. The van der Waals surface area contributed by atoms with E-state index in [4.69, 9.17) is 9.47 Å². The van der Waals surface area contributed by atoms with Crippen molar-refractivity contribution >= 4 is 0 Å². The van der Waals surface area contributed by atoms with Crippen LogP contribution in [0.4, 0.5) is 0 Å². The zero-order valence-corrected chi connectivity index (χ0v) is 12.3. The minimum Gasteiger partial charge on any atom is -0.492 e. The minimum absolute atomic E-state index is 0.544. The van der Waals surface area contributed by atoms with Gasteiger partial charge in [-0.15, -0.1) is 0 Å². The third-order valence-electron chi connectivity index (χ3n) is 3.65. The van der Waals surface area contributed by atoms with Crippen LogP contribution in [0.15, 0.2) is 18.2 Å². The Balaban J connectivity index is 1.86. The Labute approximate surface area is 116 Å². The lowest BCUT2D eigenvalue weighted by Gasteiger charge is -2.26. The molecule has 0 aromatic heterocycles. The second-order valence-corrected chi connectivity index (χ2v) is 5.48. The van der Waals surface area contributed by atoms with Crippen molar-refractivity contribution in [3.63, 3.8) is 0 Å². The van der Waals surface area contributed by atoms with Crippen molar-refractivity contribution < 1.29 is 9.47 Å². The van der Waals surface area contributed by atoms with Crippen LogP contribution in [0.2, 0.25) is 0 Å². The molecular weight excluding hydrogens is 238 g/mol. The van der Waals surface area contributed by atoms with Gasteiger partial charge in [0.25, 0.3) is 0 Å². The summed E-state index contributed by atoms with van der Waals surface area (Å²) in [5.74, 6) is 1.57. The number of rotatable bonds is 5. The maximum absolute atomic E-state index is 5.95. The lowest BCUT2D eigenvalue weighted by Crippen LogP contribution is -2.38. The van der Waals surface area contributed by atoms with Gasteiger partial charge < -0.3 is 9.47 Å². The third kappa shape index (κ3) is 4.22. The molecule has 0 N–H and O–H groups in total. The fourth-order valence-corrected chi connectivity index (χ4v) is 2.24. The Morgan fingerprint density at radius 2 is 2.00 bits per heavy atom. The highest BCUT2D eigenvalue weighted by atomic mass is 16.5. The second kappa shape index (κ2) is 6.92. The summed E-state index contributed by atoms with van der Waals surface area (Å²) in [6.45, 7) is 12.0. The van der Waals surface area contributed by atoms with Gasteiger partial charge in [0, 0.05) is 19.6 Å². The Bertz CT molecular complexity index is 398. The molecule has 0 unspecified atom stereocenters. The van der Waals surface area contributed by atoms with Gasteiger partial charge in [-0.1, -0.05) is 26.0 Å². The number of ether oxygens (including phenoxy) is 2. The molecule has 0 saturated carbocycles. The summed E-state index contributed by atoms with van der Waals surface area (Å²) in [6.07, 6.45) is 0. The van der Waals surface area contributed by atoms with E-state index in [2.05, 4.69) is 43.9 Å². The van der Waals surface area contributed by atoms with Gasteiger partial charge in [-0.2, -0.15) is 0 Å². The number of hydrogen-bond donors (Lipinski definition) is 0. The van der Waals surface area contributed by atoms with Crippen LogP contribution in [0.25, 0.3) is 0 Å². The van der Waals surface area contributed by atoms with E-state index in [1.807, 2.05) is 0 Å². The van der Waals surface area contributed by atoms with Crippen LogP contribution in [0.5, 0.6) is 5.75 Å². The van der Waals surface area contributed by atoms with Crippen LogP contribution in [0.1, 0.15) is 30.9 Å². The molecule has 2 rings (SSSR count). The van der Waals surface area contributed by atoms with Gasteiger partial charge in [0.05, 0.1) is 13.2 Å². The van der Waals surface area contributed by atoms with E-state index in [0.717, 1.165) is 45.2 Å². The predicted octanol–water partition coefficient (Wildman–Crippen LogP) is 2.83. The molecule has 0 aliphatic carbocycles. The fourth-order valence-electron chi connectivity index (χ4n) is 2.24. The standard InChI is InChI=1S/C16H25NO2/c1-13(2)15-5-4-14(3)16(12-15)19-11-8-17-6-9-18-10-7-17/h4-5,12-13H,6-11H2,1-3H3. The lowest BCUT2D eigenvalue weighted by molar-refractivity contribution is 0.0322. The molecule has 1 heterocycles. The molecule has 0 atom stereocenters. The topological polar surface area (TPSA) is 21.7 Å². The van der Waals surface area contributed by atoms with Gasteiger partial charge in [-0.25, -0.2) is 0 Å². The van der Waals surface area contributed by atoms with Crippen LogP contribution >= 0.6 is 0 Å². The third-order valence-corrected chi connectivity index (χ3v) is 3.65. The van der Waals surface area contributed by atoms with E-state index >= 15 is 0 Å². The summed E-state index contributed by atoms with van der Waals surface area (Å²) < 4.78 is 11.3. The average molecular weight is 263 g/mol. The normalized spacial score (nSPS) is 16.8. The summed E-state index contributed by atoms with van der Waals surface area (Å²) in [4.78, 5) is 2.39. The first-order valence-corrected chi connectivity index (χ1v) is 7.20. The van der Waals surface area contributed by atoms with Gasteiger partial charge in [0.1, 0.15) is 12.4 Å². The molecule has 1 fully saturated rings. The zero-order valence-electron chi connectivity index (χ0n) is 12.3. The number of nitrogens with zero attached hydrogens (tertiary/aromatic N) is 1. The first-order valence-electron chi connectivity index (χ1n) is 7.20. The second-order valence-electron chi connectivity index (χ2n) is 5.48. The summed E-state index contributed by atoms with van der Waals surface area (Å²) >= 11 is 0. The van der Waals surface area contributed by atoms with Crippen molar-refractivity contribution in [3.05, 3.63) is 29.3 Å². The molecule has 106 valence electrons. The fraction of sp³-hybridized carbons (Fsp3) is 0.625.